The summed E-state index contributed by atoms with van der Waals surface area (Å²) in [6, 6.07) is 4.18. The number of halogens is 1. The maximum absolute atomic E-state index is 12.3. The van der Waals surface area contributed by atoms with Crippen LogP contribution in [-0.2, 0) is 10.0 Å². The van der Waals surface area contributed by atoms with E-state index < -0.39 is 10.0 Å². The van der Waals surface area contributed by atoms with Crippen LogP contribution in [0, 0.1) is 0 Å². The van der Waals surface area contributed by atoms with Gasteiger partial charge in [-0.15, -0.1) is 0 Å². The third-order valence-corrected chi connectivity index (χ3v) is 4.75. The van der Waals surface area contributed by atoms with Gasteiger partial charge in [-0.3, -0.25) is 0 Å². The van der Waals surface area contributed by atoms with Crippen molar-refractivity contribution in [3.8, 4) is 5.75 Å². The summed E-state index contributed by atoms with van der Waals surface area (Å²) >= 11 is 5.83. The average molecular weight is 334 g/mol. The van der Waals surface area contributed by atoms with Crippen LogP contribution >= 0.6 is 11.6 Å². The minimum Gasteiger partial charge on any atom is -0.495 e. The van der Waals surface area contributed by atoms with Gasteiger partial charge in [-0.05, 0) is 18.2 Å². The van der Waals surface area contributed by atoms with Crippen molar-refractivity contribution < 1.29 is 17.9 Å². The largest absolute Gasteiger partial charge is 0.495 e. The first kappa shape index (κ1) is 15.9. The molecule has 0 atom stereocenters. The van der Waals surface area contributed by atoms with Gasteiger partial charge in [0.05, 0.1) is 7.11 Å². The highest BCUT2D eigenvalue weighted by molar-refractivity contribution is 7.89. The highest BCUT2D eigenvalue weighted by atomic mass is 35.5. The Bertz CT molecular complexity index is 635. The maximum atomic E-state index is 12.3. The number of nitrogens with zero attached hydrogens (tertiary/aromatic N) is 1. The van der Waals surface area contributed by atoms with Crippen LogP contribution in [0.15, 0.2) is 23.1 Å². The Morgan fingerprint density at radius 1 is 1.48 bits per heavy atom. The second-order valence-corrected chi connectivity index (χ2v) is 6.58. The van der Waals surface area contributed by atoms with E-state index in [0.717, 1.165) is 0 Å². The Labute approximate surface area is 128 Å². The highest BCUT2D eigenvalue weighted by Crippen LogP contribution is 2.26. The third kappa shape index (κ3) is 3.78. The van der Waals surface area contributed by atoms with Crippen LogP contribution in [0.3, 0.4) is 0 Å². The van der Waals surface area contributed by atoms with Crippen LogP contribution in [-0.4, -0.2) is 52.6 Å². The predicted octanol–water partition coefficient (Wildman–Crippen LogP) is 0.652. The number of hydrogen-bond donors (Lipinski definition) is 2. The maximum Gasteiger partial charge on any atom is 0.317 e. The summed E-state index contributed by atoms with van der Waals surface area (Å²) in [6.07, 6.45) is 0. The van der Waals surface area contributed by atoms with Crippen LogP contribution in [0.1, 0.15) is 0 Å². The zero-order valence-corrected chi connectivity index (χ0v) is 13.0. The van der Waals surface area contributed by atoms with E-state index in [1.807, 2.05) is 0 Å². The predicted molar refractivity (Wildman–Crippen MR) is 78.2 cm³/mol. The molecule has 1 aliphatic heterocycles. The van der Waals surface area contributed by atoms with Gasteiger partial charge in [0.1, 0.15) is 10.6 Å². The molecule has 1 fully saturated rings. The lowest BCUT2D eigenvalue weighted by molar-refractivity contribution is 0.218. The fraction of sp³-hybridized carbons (Fsp3) is 0.417. The van der Waals surface area contributed by atoms with E-state index >= 15 is 0 Å². The Morgan fingerprint density at radius 2 is 2.24 bits per heavy atom. The fourth-order valence-corrected chi connectivity index (χ4v) is 3.43. The standard InChI is InChI=1S/C12H16ClN3O4S/c1-20-10-3-2-9(13)8-11(10)21(18,19)15-5-7-16-6-4-14-12(16)17/h2-3,8,15H,4-7H2,1H3,(H,14,17). The number of ether oxygens (including phenoxy) is 1. The molecule has 2 rings (SSSR count). The van der Waals surface area contributed by atoms with Crippen LogP contribution in [0.25, 0.3) is 0 Å². The normalized spacial score (nSPS) is 15.1. The molecule has 0 spiro atoms. The SMILES string of the molecule is COc1ccc(Cl)cc1S(=O)(=O)NCCN1CCNC1=O. The van der Waals surface area contributed by atoms with Gasteiger partial charge in [0, 0.05) is 31.2 Å². The molecule has 116 valence electrons. The smallest absolute Gasteiger partial charge is 0.317 e. The van der Waals surface area contributed by atoms with Gasteiger partial charge in [0.25, 0.3) is 0 Å². The molecule has 1 saturated heterocycles. The van der Waals surface area contributed by atoms with Crippen LogP contribution in [0.4, 0.5) is 4.79 Å². The minimum absolute atomic E-state index is 0.0247. The molecular formula is C12H16ClN3O4S. The van der Waals surface area contributed by atoms with Crippen molar-refractivity contribution in [3.05, 3.63) is 23.2 Å². The molecule has 1 aromatic carbocycles. The van der Waals surface area contributed by atoms with E-state index in [1.54, 1.807) is 6.07 Å². The Hall–Kier alpha value is -1.51. The van der Waals surface area contributed by atoms with E-state index in [-0.39, 0.29) is 23.2 Å². The van der Waals surface area contributed by atoms with Crippen LogP contribution in [0.5, 0.6) is 5.75 Å². The molecule has 1 heterocycles. The van der Waals surface area contributed by atoms with Gasteiger partial charge in [-0.1, -0.05) is 11.6 Å². The Morgan fingerprint density at radius 3 is 2.86 bits per heavy atom. The number of rotatable bonds is 6. The van der Waals surface area contributed by atoms with Gasteiger partial charge in [-0.25, -0.2) is 17.9 Å². The van der Waals surface area contributed by atoms with Crippen molar-refractivity contribution in [1.29, 1.82) is 0 Å². The summed E-state index contributed by atoms with van der Waals surface area (Å²) < 4.78 is 32.0. The molecule has 0 unspecified atom stereocenters. The topological polar surface area (TPSA) is 87.7 Å². The van der Waals surface area contributed by atoms with Crippen molar-refractivity contribution in [1.82, 2.24) is 14.9 Å². The number of benzene rings is 1. The fourth-order valence-electron chi connectivity index (χ4n) is 1.98. The van der Waals surface area contributed by atoms with E-state index in [9.17, 15) is 13.2 Å². The molecule has 0 bridgehead atoms. The van der Waals surface area contributed by atoms with Crippen molar-refractivity contribution in [2.24, 2.45) is 0 Å². The van der Waals surface area contributed by atoms with Gasteiger partial charge in [0.15, 0.2) is 0 Å². The van der Waals surface area contributed by atoms with Crippen LogP contribution < -0.4 is 14.8 Å². The summed E-state index contributed by atoms with van der Waals surface area (Å²) in [5.41, 5.74) is 0. The van der Waals surface area contributed by atoms with Crippen molar-refractivity contribution in [2.45, 2.75) is 4.90 Å². The zero-order chi connectivity index (χ0) is 15.5. The lowest BCUT2D eigenvalue weighted by Gasteiger charge is -2.15. The average Bonchev–Trinajstić information content (AvgIpc) is 2.84. The number of sulfonamides is 1. The third-order valence-electron chi connectivity index (χ3n) is 3.03. The molecule has 9 heteroatoms. The number of methoxy groups -OCH3 is 1. The molecular weight excluding hydrogens is 318 g/mol. The van der Waals surface area contributed by atoms with Crippen LogP contribution in [0.2, 0.25) is 5.02 Å². The molecule has 21 heavy (non-hydrogen) atoms. The first-order valence-corrected chi connectivity index (χ1v) is 8.16. The van der Waals surface area contributed by atoms with E-state index in [2.05, 4.69) is 10.0 Å². The van der Waals surface area contributed by atoms with Gasteiger partial charge >= 0.3 is 6.03 Å². The molecule has 0 saturated carbocycles. The lowest BCUT2D eigenvalue weighted by Crippen LogP contribution is -2.36. The molecule has 1 aromatic rings. The van der Waals surface area contributed by atoms with Crippen molar-refractivity contribution in [2.75, 3.05) is 33.3 Å². The molecule has 0 aliphatic carbocycles. The van der Waals surface area contributed by atoms with E-state index in [4.69, 9.17) is 16.3 Å². The number of nitrogens with one attached hydrogen (secondary N) is 2. The minimum atomic E-state index is -3.75. The molecule has 7 nitrogen and oxygen atoms in total. The summed E-state index contributed by atoms with van der Waals surface area (Å²) in [5, 5.41) is 2.95. The first-order chi connectivity index (χ1) is 9.94. The first-order valence-electron chi connectivity index (χ1n) is 6.30. The van der Waals surface area contributed by atoms with Crippen molar-refractivity contribution >= 4 is 27.7 Å². The molecule has 1 aliphatic rings. The number of amides is 2. The summed E-state index contributed by atoms with van der Waals surface area (Å²) in [7, 11) is -2.37. The van der Waals surface area contributed by atoms with Gasteiger partial charge in [-0.2, -0.15) is 0 Å². The molecule has 0 aromatic heterocycles. The number of carbonyl (C=O) groups excluding carboxylic acids is 1. The number of urea groups is 1. The highest BCUT2D eigenvalue weighted by Gasteiger charge is 2.22. The molecule has 0 radical (unpaired) electrons. The summed E-state index contributed by atoms with van der Waals surface area (Å²) in [4.78, 5) is 12.9. The number of hydrogen-bond acceptors (Lipinski definition) is 4. The quantitative estimate of drug-likeness (QED) is 0.800. The van der Waals surface area contributed by atoms with E-state index in [0.29, 0.717) is 24.7 Å². The molecule has 2 N–H and O–H groups in total. The summed E-state index contributed by atoms with van der Waals surface area (Å²) in [6.45, 7) is 1.56. The number of carbonyl (C=O) groups is 1. The second-order valence-electron chi connectivity index (χ2n) is 4.41. The van der Waals surface area contributed by atoms with Crippen molar-refractivity contribution in [3.63, 3.8) is 0 Å². The summed E-state index contributed by atoms with van der Waals surface area (Å²) in [5.74, 6) is 0.214. The Kier molecular flexibility index (Phi) is 4.92. The van der Waals surface area contributed by atoms with Gasteiger partial charge < -0.3 is 15.0 Å². The zero-order valence-electron chi connectivity index (χ0n) is 11.4. The van der Waals surface area contributed by atoms with Gasteiger partial charge in [0.2, 0.25) is 10.0 Å². The Balaban J connectivity index is 2.04. The monoisotopic (exact) mass is 333 g/mol. The van der Waals surface area contributed by atoms with E-state index in [1.165, 1.54) is 24.1 Å². The lowest BCUT2D eigenvalue weighted by atomic mass is 10.3. The molecule has 2 amide bonds. The second kappa shape index (κ2) is 6.50.